The molecule has 0 saturated carbocycles. The van der Waals surface area contributed by atoms with Gasteiger partial charge in [0.15, 0.2) is 0 Å². The van der Waals surface area contributed by atoms with E-state index in [1.807, 2.05) is 31.2 Å². The molecule has 98 valence electrons. The van der Waals surface area contributed by atoms with Crippen LogP contribution in [0, 0.1) is 6.92 Å². The number of para-hydroxylation sites is 1. The number of benzene rings is 1. The predicted molar refractivity (Wildman–Crippen MR) is 74.3 cm³/mol. The van der Waals surface area contributed by atoms with E-state index >= 15 is 0 Å². The van der Waals surface area contributed by atoms with Gasteiger partial charge in [0.2, 0.25) is 0 Å². The number of hydrazone groups is 1. The summed E-state index contributed by atoms with van der Waals surface area (Å²) in [6.07, 6.45) is 1.56. The van der Waals surface area contributed by atoms with Crippen molar-refractivity contribution in [1.29, 1.82) is 0 Å². The monoisotopic (exact) mass is 257 g/mol. The van der Waals surface area contributed by atoms with Crippen LogP contribution < -0.4 is 10.7 Å². The molecule has 2 rings (SSSR count). The van der Waals surface area contributed by atoms with Crippen LogP contribution in [0.3, 0.4) is 0 Å². The number of nitrogens with one attached hydrogen (secondary N) is 2. The van der Waals surface area contributed by atoms with E-state index in [-0.39, 0.29) is 6.03 Å². The molecule has 0 spiro atoms. The standard InChI is InChI=1S/C14H15N3O2/c1-10-6-3-4-7-12(10)15-14(18)17-16-11(2)13-8-5-9-19-13/h3-9H,1-2H3,(H2,15,17,18). The van der Waals surface area contributed by atoms with E-state index in [4.69, 9.17) is 4.42 Å². The summed E-state index contributed by atoms with van der Waals surface area (Å²) in [4.78, 5) is 11.7. The van der Waals surface area contributed by atoms with Crippen LogP contribution in [0.1, 0.15) is 18.2 Å². The van der Waals surface area contributed by atoms with Gasteiger partial charge in [0.05, 0.1) is 6.26 Å². The van der Waals surface area contributed by atoms with Gasteiger partial charge in [-0.25, -0.2) is 10.2 Å². The summed E-state index contributed by atoms with van der Waals surface area (Å²) in [6, 6.07) is 10.7. The zero-order valence-electron chi connectivity index (χ0n) is 10.8. The highest BCUT2D eigenvalue weighted by Crippen LogP contribution is 2.12. The first-order chi connectivity index (χ1) is 9.16. The maximum Gasteiger partial charge on any atom is 0.339 e. The number of furan rings is 1. The van der Waals surface area contributed by atoms with Crippen LogP contribution in [-0.2, 0) is 0 Å². The lowest BCUT2D eigenvalue weighted by atomic mass is 10.2. The molecule has 0 atom stereocenters. The molecule has 1 aromatic heterocycles. The zero-order chi connectivity index (χ0) is 13.7. The Bertz CT molecular complexity index is 588. The van der Waals surface area contributed by atoms with Crippen LogP contribution in [0.5, 0.6) is 0 Å². The molecule has 0 saturated heterocycles. The minimum absolute atomic E-state index is 0.389. The molecule has 1 heterocycles. The number of rotatable bonds is 3. The topological polar surface area (TPSA) is 66.6 Å². The molecule has 0 bridgehead atoms. The van der Waals surface area contributed by atoms with Crippen molar-refractivity contribution in [3.8, 4) is 0 Å². The second-order valence-electron chi connectivity index (χ2n) is 4.06. The van der Waals surface area contributed by atoms with Crippen LogP contribution in [0.15, 0.2) is 52.2 Å². The largest absolute Gasteiger partial charge is 0.463 e. The van der Waals surface area contributed by atoms with Crippen molar-refractivity contribution in [1.82, 2.24) is 5.43 Å². The number of carbonyl (C=O) groups is 1. The predicted octanol–water partition coefficient (Wildman–Crippen LogP) is 3.13. The minimum Gasteiger partial charge on any atom is -0.463 e. The lowest BCUT2D eigenvalue weighted by Crippen LogP contribution is -2.25. The van der Waals surface area contributed by atoms with Crippen molar-refractivity contribution < 1.29 is 9.21 Å². The molecule has 0 aliphatic rings. The van der Waals surface area contributed by atoms with Crippen LogP contribution >= 0.6 is 0 Å². The molecule has 0 fully saturated rings. The fraction of sp³-hybridized carbons (Fsp3) is 0.143. The van der Waals surface area contributed by atoms with Gasteiger partial charge in [-0.15, -0.1) is 0 Å². The quantitative estimate of drug-likeness (QED) is 0.655. The third-order valence-electron chi connectivity index (χ3n) is 2.60. The van der Waals surface area contributed by atoms with Crippen molar-refractivity contribution in [3.63, 3.8) is 0 Å². The van der Waals surface area contributed by atoms with Gasteiger partial charge in [0.25, 0.3) is 0 Å². The molecule has 19 heavy (non-hydrogen) atoms. The Balaban J connectivity index is 1.96. The highest BCUT2D eigenvalue weighted by atomic mass is 16.3. The van der Waals surface area contributed by atoms with E-state index < -0.39 is 0 Å². The van der Waals surface area contributed by atoms with Crippen LogP contribution in [0.4, 0.5) is 10.5 Å². The highest BCUT2D eigenvalue weighted by Gasteiger charge is 2.04. The van der Waals surface area contributed by atoms with Gasteiger partial charge in [-0.3, -0.25) is 0 Å². The molecule has 0 unspecified atom stereocenters. The Hall–Kier alpha value is -2.56. The first-order valence-electron chi connectivity index (χ1n) is 5.87. The lowest BCUT2D eigenvalue weighted by Gasteiger charge is -2.07. The molecule has 1 aromatic carbocycles. The summed E-state index contributed by atoms with van der Waals surface area (Å²) < 4.78 is 5.16. The number of hydrogen-bond acceptors (Lipinski definition) is 3. The molecule has 0 aliphatic carbocycles. The summed E-state index contributed by atoms with van der Waals surface area (Å²) >= 11 is 0. The minimum atomic E-state index is -0.389. The maximum atomic E-state index is 11.7. The van der Waals surface area contributed by atoms with E-state index in [9.17, 15) is 4.79 Å². The van der Waals surface area contributed by atoms with Crippen molar-refractivity contribution in [2.24, 2.45) is 5.10 Å². The fourth-order valence-electron chi connectivity index (χ4n) is 1.54. The van der Waals surface area contributed by atoms with Crippen molar-refractivity contribution in [2.75, 3.05) is 5.32 Å². The smallest absolute Gasteiger partial charge is 0.339 e. The van der Waals surface area contributed by atoms with E-state index in [1.54, 1.807) is 25.3 Å². The second-order valence-corrected chi connectivity index (χ2v) is 4.06. The number of amides is 2. The Morgan fingerprint density at radius 1 is 1.21 bits per heavy atom. The number of nitrogens with zero attached hydrogens (tertiary/aromatic N) is 1. The Morgan fingerprint density at radius 3 is 2.68 bits per heavy atom. The third kappa shape index (κ3) is 3.45. The van der Waals surface area contributed by atoms with Crippen LogP contribution in [-0.4, -0.2) is 11.7 Å². The molecule has 2 aromatic rings. The van der Waals surface area contributed by atoms with Gasteiger partial charge in [-0.05, 0) is 37.6 Å². The Kier molecular flexibility index (Phi) is 3.97. The van der Waals surface area contributed by atoms with Gasteiger partial charge in [0.1, 0.15) is 11.5 Å². The van der Waals surface area contributed by atoms with E-state index in [2.05, 4.69) is 15.8 Å². The molecule has 2 amide bonds. The van der Waals surface area contributed by atoms with Crippen LogP contribution in [0.25, 0.3) is 0 Å². The van der Waals surface area contributed by atoms with Gasteiger partial charge < -0.3 is 9.73 Å². The number of aryl methyl sites for hydroxylation is 1. The van der Waals surface area contributed by atoms with Gasteiger partial charge in [-0.1, -0.05) is 18.2 Å². The molecule has 0 aliphatic heterocycles. The van der Waals surface area contributed by atoms with Crippen molar-refractivity contribution in [2.45, 2.75) is 13.8 Å². The molecule has 5 nitrogen and oxygen atoms in total. The zero-order valence-corrected chi connectivity index (χ0v) is 10.8. The number of hydrogen-bond donors (Lipinski definition) is 2. The summed E-state index contributed by atoms with van der Waals surface area (Å²) in [5.74, 6) is 0.621. The Labute approximate surface area is 111 Å². The number of anilines is 1. The van der Waals surface area contributed by atoms with Crippen molar-refractivity contribution >= 4 is 17.4 Å². The van der Waals surface area contributed by atoms with Crippen molar-refractivity contribution in [3.05, 3.63) is 54.0 Å². The summed E-state index contributed by atoms with van der Waals surface area (Å²) in [5.41, 5.74) is 4.77. The summed E-state index contributed by atoms with van der Waals surface area (Å²) in [7, 11) is 0. The molecular formula is C14H15N3O2. The molecule has 2 N–H and O–H groups in total. The third-order valence-corrected chi connectivity index (χ3v) is 2.60. The number of carbonyl (C=O) groups excluding carboxylic acids is 1. The summed E-state index contributed by atoms with van der Waals surface area (Å²) in [5, 5.41) is 6.68. The maximum absolute atomic E-state index is 11.7. The van der Waals surface area contributed by atoms with Gasteiger partial charge in [-0.2, -0.15) is 5.10 Å². The highest BCUT2D eigenvalue weighted by molar-refractivity contribution is 5.97. The average molecular weight is 257 g/mol. The lowest BCUT2D eigenvalue weighted by molar-refractivity contribution is 0.252. The summed E-state index contributed by atoms with van der Waals surface area (Å²) in [6.45, 7) is 3.68. The fourth-order valence-corrected chi connectivity index (χ4v) is 1.54. The van der Waals surface area contributed by atoms with E-state index in [0.29, 0.717) is 11.5 Å². The molecular weight excluding hydrogens is 242 g/mol. The van der Waals surface area contributed by atoms with E-state index in [0.717, 1.165) is 11.3 Å². The molecule has 0 radical (unpaired) electrons. The van der Waals surface area contributed by atoms with E-state index in [1.165, 1.54) is 0 Å². The van der Waals surface area contributed by atoms with Gasteiger partial charge >= 0.3 is 6.03 Å². The first-order valence-corrected chi connectivity index (χ1v) is 5.87. The second kappa shape index (κ2) is 5.86. The Morgan fingerprint density at radius 2 is 2.00 bits per heavy atom. The average Bonchev–Trinajstić information content (AvgIpc) is 2.93. The SMILES string of the molecule is CC(=NNC(=O)Nc1ccccc1C)c1ccco1. The van der Waals surface area contributed by atoms with Crippen LogP contribution in [0.2, 0.25) is 0 Å². The first kappa shape index (κ1) is 12.9. The van der Waals surface area contributed by atoms with Gasteiger partial charge in [0, 0.05) is 5.69 Å². The number of urea groups is 1. The molecule has 5 heteroatoms. The normalized spacial score (nSPS) is 11.2.